The molecule has 0 aliphatic heterocycles. The van der Waals surface area contributed by atoms with Crippen LogP contribution in [0.5, 0.6) is 0 Å². The number of furan rings is 1. The molecule has 3 heteroatoms. The van der Waals surface area contributed by atoms with Gasteiger partial charge in [0, 0.05) is 9.86 Å². The second-order valence-corrected chi connectivity index (χ2v) is 3.98. The number of benzene rings is 1. The van der Waals surface area contributed by atoms with Crippen LogP contribution in [-0.4, -0.2) is 0 Å². The highest BCUT2D eigenvalue weighted by molar-refractivity contribution is 9.10. The van der Waals surface area contributed by atoms with Crippen molar-refractivity contribution in [1.29, 1.82) is 0 Å². The van der Waals surface area contributed by atoms with Gasteiger partial charge in [-0.15, -0.1) is 0 Å². The van der Waals surface area contributed by atoms with E-state index in [-0.39, 0.29) is 0 Å². The highest BCUT2D eigenvalue weighted by Crippen LogP contribution is 2.30. The van der Waals surface area contributed by atoms with Crippen LogP contribution in [0.25, 0.3) is 11.0 Å². The third-order valence-corrected chi connectivity index (χ3v) is 2.45. The van der Waals surface area contributed by atoms with Crippen LogP contribution in [0.3, 0.4) is 0 Å². The monoisotopic (exact) mass is 244 g/mol. The normalized spacial score (nSPS) is 10.9. The highest BCUT2D eigenvalue weighted by atomic mass is 79.9. The van der Waals surface area contributed by atoms with Crippen LogP contribution in [0.4, 0.5) is 0 Å². The van der Waals surface area contributed by atoms with Crippen LogP contribution in [0, 0.1) is 6.92 Å². The molecule has 0 aliphatic carbocycles. The van der Waals surface area contributed by atoms with E-state index in [0.717, 1.165) is 26.2 Å². The first-order valence-electron chi connectivity index (χ1n) is 3.52. The van der Waals surface area contributed by atoms with Crippen LogP contribution >= 0.6 is 27.5 Å². The molecule has 2 rings (SSSR count). The van der Waals surface area contributed by atoms with E-state index in [9.17, 15) is 0 Å². The fraction of sp³-hybridized carbons (Fsp3) is 0.111. The molecule has 0 bridgehead atoms. The third kappa shape index (κ3) is 1.25. The molecule has 0 radical (unpaired) electrons. The summed E-state index contributed by atoms with van der Waals surface area (Å²) >= 11 is 9.33. The van der Waals surface area contributed by atoms with Crippen molar-refractivity contribution in [2.45, 2.75) is 6.92 Å². The highest BCUT2D eigenvalue weighted by Gasteiger charge is 2.05. The fourth-order valence-electron chi connectivity index (χ4n) is 1.19. The molecule has 0 atom stereocenters. The minimum absolute atomic E-state index is 0.719. The first-order chi connectivity index (χ1) is 5.66. The zero-order valence-electron chi connectivity index (χ0n) is 6.40. The first-order valence-corrected chi connectivity index (χ1v) is 4.69. The fourth-order valence-corrected chi connectivity index (χ4v) is 2.03. The van der Waals surface area contributed by atoms with E-state index < -0.39 is 0 Å². The van der Waals surface area contributed by atoms with Gasteiger partial charge in [0.05, 0.1) is 5.02 Å². The Labute approximate surface area is 83.4 Å². The second-order valence-electron chi connectivity index (χ2n) is 2.66. The molecule has 1 nitrogen and oxygen atoms in total. The number of rotatable bonds is 0. The van der Waals surface area contributed by atoms with Crippen molar-refractivity contribution >= 4 is 38.5 Å². The van der Waals surface area contributed by atoms with Crippen molar-refractivity contribution in [2.24, 2.45) is 0 Å². The van der Waals surface area contributed by atoms with Gasteiger partial charge in [-0.1, -0.05) is 27.5 Å². The Kier molecular flexibility index (Phi) is 1.89. The van der Waals surface area contributed by atoms with Crippen LogP contribution in [0.1, 0.15) is 5.76 Å². The van der Waals surface area contributed by atoms with Crippen LogP contribution in [0.2, 0.25) is 5.02 Å². The molecular formula is C9H6BrClO. The van der Waals surface area contributed by atoms with Crippen molar-refractivity contribution < 1.29 is 4.42 Å². The van der Waals surface area contributed by atoms with Gasteiger partial charge in [0.15, 0.2) is 0 Å². The van der Waals surface area contributed by atoms with E-state index in [1.807, 2.05) is 25.1 Å². The van der Waals surface area contributed by atoms with Gasteiger partial charge in [0.2, 0.25) is 0 Å². The molecule has 12 heavy (non-hydrogen) atoms. The van der Waals surface area contributed by atoms with Crippen LogP contribution in [0.15, 0.2) is 27.1 Å². The van der Waals surface area contributed by atoms with Gasteiger partial charge in [-0.2, -0.15) is 0 Å². The lowest BCUT2D eigenvalue weighted by molar-refractivity contribution is 0.578. The van der Waals surface area contributed by atoms with E-state index in [4.69, 9.17) is 16.0 Å². The van der Waals surface area contributed by atoms with E-state index in [0.29, 0.717) is 0 Å². The lowest BCUT2D eigenvalue weighted by Crippen LogP contribution is -1.67. The number of hydrogen-bond donors (Lipinski definition) is 0. The average molecular weight is 246 g/mol. The molecule has 1 aromatic heterocycles. The third-order valence-electron chi connectivity index (χ3n) is 1.67. The van der Waals surface area contributed by atoms with Crippen molar-refractivity contribution in [1.82, 2.24) is 0 Å². The minimum atomic E-state index is 0.719. The summed E-state index contributed by atoms with van der Waals surface area (Å²) in [7, 11) is 0. The maximum absolute atomic E-state index is 5.99. The molecule has 2 aromatic rings. The van der Waals surface area contributed by atoms with Gasteiger partial charge in [0.25, 0.3) is 0 Å². The summed E-state index contributed by atoms with van der Waals surface area (Å²) in [4.78, 5) is 0. The average Bonchev–Trinajstić information content (AvgIpc) is 2.29. The lowest BCUT2D eigenvalue weighted by atomic mass is 10.2. The maximum atomic E-state index is 5.99. The topological polar surface area (TPSA) is 13.1 Å². The Hall–Kier alpha value is -0.470. The largest absolute Gasteiger partial charge is 0.461 e. The van der Waals surface area contributed by atoms with Gasteiger partial charge >= 0.3 is 0 Å². The second kappa shape index (κ2) is 2.79. The predicted molar refractivity (Wildman–Crippen MR) is 53.7 cm³/mol. The molecule has 0 amide bonds. The molecule has 0 unspecified atom stereocenters. The SMILES string of the molecule is Cc1cc2c(Cl)cc(Br)cc2o1. The van der Waals surface area contributed by atoms with E-state index in [1.54, 1.807) is 0 Å². The van der Waals surface area contributed by atoms with Crippen LogP contribution in [-0.2, 0) is 0 Å². The molecule has 1 heterocycles. The summed E-state index contributed by atoms with van der Waals surface area (Å²) in [6, 6.07) is 5.71. The zero-order chi connectivity index (χ0) is 8.72. The summed E-state index contributed by atoms with van der Waals surface area (Å²) in [6.07, 6.45) is 0. The number of halogens is 2. The van der Waals surface area contributed by atoms with E-state index >= 15 is 0 Å². The molecule has 62 valence electrons. The molecule has 0 N–H and O–H groups in total. The summed E-state index contributed by atoms with van der Waals surface area (Å²) < 4.78 is 6.35. The Morgan fingerprint density at radius 3 is 2.83 bits per heavy atom. The van der Waals surface area contributed by atoms with Gasteiger partial charge in [-0.25, -0.2) is 0 Å². The molecule has 0 spiro atoms. The molecule has 0 aliphatic rings. The number of hydrogen-bond acceptors (Lipinski definition) is 1. The van der Waals surface area contributed by atoms with Crippen molar-refractivity contribution in [3.05, 3.63) is 33.5 Å². The quantitative estimate of drug-likeness (QED) is 0.679. The van der Waals surface area contributed by atoms with Crippen molar-refractivity contribution in [3.63, 3.8) is 0 Å². The van der Waals surface area contributed by atoms with Gasteiger partial charge in [-0.05, 0) is 25.1 Å². The van der Waals surface area contributed by atoms with E-state index in [2.05, 4.69) is 15.9 Å². The Morgan fingerprint density at radius 1 is 1.33 bits per heavy atom. The van der Waals surface area contributed by atoms with Gasteiger partial charge in [0.1, 0.15) is 11.3 Å². The van der Waals surface area contributed by atoms with Gasteiger partial charge in [-0.3, -0.25) is 0 Å². The maximum Gasteiger partial charge on any atom is 0.136 e. The summed E-state index contributed by atoms with van der Waals surface area (Å²) in [5.74, 6) is 0.880. The van der Waals surface area contributed by atoms with Crippen molar-refractivity contribution in [3.8, 4) is 0 Å². The van der Waals surface area contributed by atoms with Crippen molar-refractivity contribution in [2.75, 3.05) is 0 Å². The summed E-state index contributed by atoms with van der Waals surface area (Å²) in [5.41, 5.74) is 0.826. The first kappa shape index (κ1) is 8.14. The predicted octanol–water partition coefficient (Wildman–Crippen LogP) is 4.16. The van der Waals surface area contributed by atoms with Gasteiger partial charge < -0.3 is 4.42 Å². The molecule has 1 aromatic carbocycles. The number of aryl methyl sites for hydroxylation is 1. The standard InChI is InChI=1S/C9H6BrClO/c1-5-2-7-8(11)3-6(10)4-9(7)12-5/h2-4H,1H3. The van der Waals surface area contributed by atoms with E-state index in [1.165, 1.54) is 0 Å². The zero-order valence-corrected chi connectivity index (χ0v) is 8.74. The summed E-state index contributed by atoms with van der Waals surface area (Å²) in [5, 5.41) is 1.69. The Bertz CT molecular complexity index is 433. The molecule has 0 fully saturated rings. The van der Waals surface area contributed by atoms with Crippen LogP contribution < -0.4 is 0 Å². The smallest absolute Gasteiger partial charge is 0.136 e. The Morgan fingerprint density at radius 2 is 2.08 bits per heavy atom. The molecule has 0 saturated heterocycles. The number of fused-ring (bicyclic) bond motifs is 1. The lowest BCUT2D eigenvalue weighted by Gasteiger charge is -1.93. The molecular weight excluding hydrogens is 239 g/mol. The Balaban J connectivity index is 2.88. The molecule has 0 saturated carbocycles. The summed E-state index contributed by atoms with van der Waals surface area (Å²) in [6.45, 7) is 1.91. The minimum Gasteiger partial charge on any atom is -0.461 e.